The second kappa shape index (κ2) is 10.3. The Balaban J connectivity index is 1.55. The van der Waals surface area contributed by atoms with E-state index in [4.69, 9.17) is 9.47 Å². The number of rotatable bonds is 10. The van der Waals surface area contributed by atoms with Gasteiger partial charge < -0.3 is 19.9 Å². The molecule has 1 unspecified atom stereocenters. The first-order valence-electron chi connectivity index (χ1n) is 11.4. The first-order valence-corrected chi connectivity index (χ1v) is 11.4. The van der Waals surface area contributed by atoms with Crippen LogP contribution in [-0.4, -0.2) is 53.1 Å². The van der Waals surface area contributed by atoms with Crippen LogP contribution in [-0.2, 0) is 9.53 Å². The smallest absolute Gasteiger partial charge is 0.304 e. The van der Waals surface area contributed by atoms with Crippen molar-refractivity contribution in [1.82, 2.24) is 15.1 Å². The Morgan fingerprint density at radius 1 is 1.23 bits per heavy atom. The van der Waals surface area contributed by atoms with Crippen LogP contribution < -0.4 is 10.1 Å². The van der Waals surface area contributed by atoms with Crippen LogP contribution in [0, 0.1) is 18.2 Å². The molecule has 1 amide bonds. The van der Waals surface area contributed by atoms with Gasteiger partial charge in [-0.25, -0.2) is 4.39 Å². The van der Waals surface area contributed by atoms with Gasteiger partial charge in [-0.15, -0.1) is 0 Å². The zero-order valence-corrected chi connectivity index (χ0v) is 19.7. The van der Waals surface area contributed by atoms with Crippen LogP contribution in [0.5, 0.6) is 5.88 Å². The number of carboxylic acid groups (broad SMARTS) is 1. The van der Waals surface area contributed by atoms with Gasteiger partial charge in [0, 0.05) is 23.9 Å². The van der Waals surface area contributed by atoms with E-state index in [0.29, 0.717) is 19.8 Å². The summed E-state index contributed by atoms with van der Waals surface area (Å²) in [4.78, 5) is 24.4. The maximum Gasteiger partial charge on any atom is 0.304 e. The molecule has 184 valence electrons. The van der Waals surface area contributed by atoms with E-state index >= 15 is 0 Å². The van der Waals surface area contributed by atoms with Crippen LogP contribution in [0.4, 0.5) is 4.39 Å². The Hall–Kier alpha value is -3.72. The van der Waals surface area contributed by atoms with E-state index in [1.54, 1.807) is 18.2 Å². The van der Waals surface area contributed by atoms with Gasteiger partial charge in [-0.2, -0.15) is 9.78 Å². The minimum Gasteiger partial charge on any atom is -0.481 e. The van der Waals surface area contributed by atoms with E-state index < -0.39 is 23.6 Å². The molecule has 1 aromatic heterocycles. The van der Waals surface area contributed by atoms with Crippen LogP contribution in [0.2, 0.25) is 0 Å². The van der Waals surface area contributed by atoms with E-state index in [0.717, 1.165) is 11.1 Å². The van der Waals surface area contributed by atoms with Crippen molar-refractivity contribution in [3.05, 3.63) is 77.2 Å². The third kappa shape index (κ3) is 5.68. The Bertz CT molecular complexity index is 1220. The maximum atomic E-state index is 14.5. The molecular formula is C26H28FN3O5. The van der Waals surface area contributed by atoms with Crippen LogP contribution in [0.15, 0.2) is 54.6 Å². The number of hydrogen-bond acceptors (Lipinski definition) is 5. The molecule has 9 heteroatoms. The monoisotopic (exact) mass is 481 g/mol. The molecule has 2 aromatic carbocycles. The molecule has 4 rings (SSSR count). The molecule has 0 aliphatic carbocycles. The first-order chi connectivity index (χ1) is 16.8. The standard InChI is InChI=1S/C26H28FN3O5/c1-17-7-3-4-8-19(17)18(11-24(31)32)13-28-25(33)21-12-23(35-16-26(2)14-34-15-26)30(29-21)22-10-6-5-9-20(22)27/h3-10,12,18H,11,13-16H2,1-2H3,(H,28,33)(H,31,32). The number of carbonyl (C=O) groups excluding carboxylic acids is 1. The quantitative estimate of drug-likeness (QED) is 0.458. The van der Waals surface area contributed by atoms with Gasteiger partial charge >= 0.3 is 5.97 Å². The summed E-state index contributed by atoms with van der Waals surface area (Å²) in [6.45, 7) is 5.45. The summed E-state index contributed by atoms with van der Waals surface area (Å²) in [5.74, 6) is -2.16. The number of carbonyl (C=O) groups is 2. The molecule has 0 saturated carbocycles. The lowest BCUT2D eigenvalue weighted by Gasteiger charge is -2.37. The second-order valence-corrected chi connectivity index (χ2v) is 9.18. The van der Waals surface area contributed by atoms with Gasteiger partial charge in [-0.05, 0) is 30.2 Å². The van der Waals surface area contributed by atoms with E-state index in [2.05, 4.69) is 10.4 Å². The van der Waals surface area contributed by atoms with Gasteiger partial charge in [0.15, 0.2) is 5.69 Å². The fraction of sp³-hybridized carbons (Fsp3) is 0.346. The van der Waals surface area contributed by atoms with Crippen LogP contribution in [0.3, 0.4) is 0 Å². The number of nitrogens with one attached hydrogen (secondary N) is 1. The molecule has 3 aromatic rings. The molecule has 1 aliphatic heterocycles. The lowest BCUT2D eigenvalue weighted by molar-refractivity contribution is -0.137. The highest BCUT2D eigenvalue weighted by Crippen LogP contribution is 2.29. The van der Waals surface area contributed by atoms with Crippen molar-refractivity contribution in [1.29, 1.82) is 0 Å². The topological polar surface area (TPSA) is 103 Å². The number of aromatic nitrogens is 2. The first kappa shape index (κ1) is 24.4. The zero-order valence-electron chi connectivity index (χ0n) is 19.7. The van der Waals surface area contributed by atoms with Crippen molar-refractivity contribution < 1.29 is 28.6 Å². The molecule has 0 radical (unpaired) electrons. The minimum atomic E-state index is -0.958. The SMILES string of the molecule is Cc1ccccc1C(CNC(=O)c1cc(OCC2(C)COC2)n(-c2ccccc2F)n1)CC(=O)O. The Kier molecular flexibility index (Phi) is 7.16. The van der Waals surface area contributed by atoms with E-state index in [-0.39, 0.29) is 35.6 Å². The van der Waals surface area contributed by atoms with Crippen molar-refractivity contribution in [2.45, 2.75) is 26.2 Å². The Morgan fingerprint density at radius 2 is 1.94 bits per heavy atom. The summed E-state index contributed by atoms with van der Waals surface area (Å²) in [6.07, 6.45) is -0.135. The molecule has 1 saturated heterocycles. The normalized spacial score (nSPS) is 15.2. The van der Waals surface area contributed by atoms with E-state index in [1.807, 2.05) is 38.1 Å². The van der Waals surface area contributed by atoms with Crippen molar-refractivity contribution in [3.8, 4) is 11.6 Å². The third-order valence-corrected chi connectivity index (χ3v) is 6.02. The van der Waals surface area contributed by atoms with Crippen LogP contribution in [0.25, 0.3) is 5.69 Å². The highest BCUT2D eigenvalue weighted by molar-refractivity contribution is 5.92. The number of aliphatic carboxylic acids is 1. The number of hydrogen-bond donors (Lipinski definition) is 2. The second-order valence-electron chi connectivity index (χ2n) is 9.18. The minimum absolute atomic E-state index is 0.0390. The largest absolute Gasteiger partial charge is 0.481 e. The number of aryl methyl sites for hydroxylation is 1. The summed E-state index contributed by atoms with van der Waals surface area (Å²) in [5, 5.41) is 16.5. The van der Waals surface area contributed by atoms with Crippen molar-refractivity contribution in [3.63, 3.8) is 0 Å². The van der Waals surface area contributed by atoms with Gasteiger partial charge in [-0.1, -0.05) is 43.3 Å². The molecule has 2 N–H and O–H groups in total. The molecule has 2 heterocycles. The molecule has 0 spiro atoms. The molecule has 1 aliphatic rings. The number of carboxylic acids is 1. The predicted octanol–water partition coefficient (Wildman–Crippen LogP) is 3.72. The summed E-state index contributed by atoms with van der Waals surface area (Å²) < 4.78 is 27.0. The van der Waals surface area contributed by atoms with Gasteiger partial charge in [0.25, 0.3) is 5.91 Å². The number of halogens is 1. The summed E-state index contributed by atoms with van der Waals surface area (Å²) >= 11 is 0. The lowest BCUT2D eigenvalue weighted by Crippen LogP contribution is -2.44. The molecule has 1 atom stereocenters. The van der Waals surface area contributed by atoms with Crippen LogP contribution in [0.1, 0.15) is 40.9 Å². The number of amides is 1. The van der Waals surface area contributed by atoms with Gasteiger partial charge in [0.05, 0.1) is 26.2 Å². The average molecular weight is 482 g/mol. The number of nitrogens with zero attached hydrogens (tertiary/aromatic N) is 2. The fourth-order valence-electron chi connectivity index (χ4n) is 4.01. The zero-order chi connectivity index (χ0) is 25.0. The number of ether oxygens (including phenoxy) is 2. The number of benzene rings is 2. The highest BCUT2D eigenvalue weighted by atomic mass is 19.1. The summed E-state index contributed by atoms with van der Waals surface area (Å²) in [5.41, 5.74) is 1.83. The summed E-state index contributed by atoms with van der Waals surface area (Å²) in [7, 11) is 0. The highest BCUT2D eigenvalue weighted by Gasteiger charge is 2.35. The van der Waals surface area contributed by atoms with Crippen molar-refractivity contribution in [2.24, 2.45) is 5.41 Å². The van der Waals surface area contributed by atoms with Gasteiger partial charge in [-0.3, -0.25) is 9.59 Å². The van der Waals surface area contributed by atoms with Crippen molar-refractivity contribution in [2.75, 3.05) is 26.4 Å². The third-order valence-electron chi connectivity index (χ3n) is 6.02. The molecular weight excluding hydrogens is 453 g/mol. The lowest BCUT2D eigenvalue weighted by atomic mass is 9.90. The molecule has 8 nitrogen and oxygen atoms in total. The average Bonchev–Trinajstić information content (AvgIpc) is 3.23. The van der Waals surface area contributed by atoms with Crippen LogP contribution >= 0.6 is 0 Å². The van der Waals surface area contributed by atoms with Gasteiger partial charge in [0.2, 0.25) is 5.88 Å². The van der Waals surface area contributed by atoms with Gasteiger partial charge in [0.1, 0.15) is 11.5 Å². The van der Waals surface area contributed by atoms with E-state index in [9.17, 15) is 19.1 Å². The molecule has 0 bridgehead atoms. The fourth-order valence-corrected chi connectivity index (χ4v) is 4.01. The summed E-state index contributed by atoms with van der Waals surface area (Å²) in [6, 6.07) is 15.0. The maximum absolute atomic E-state index is 14.5. The Morgan fingerprint density at radius 3 is 2.60 bits per heavy atom. The predicted molar refractivity (Wildman–Crippen MR) is 126 cm³/mol. The molecule has 35 heavy (non-hydrogen) atoms. The van der Waals surface area contributed by atoms with E-state index in [1.165, 1.54) is 16.8 Å². The molecule has 1 fully saturated rings. The number of para-hydroxylation sites is 1. The Labute approximate surface area is 202 Å². The van der Waals surface area contributed by atoms with Crippen molar-refractivity contribution >= 4 is 11.9 Å².